The van der Waals surface area contributed by atoms with Crippen LogP contribution in [0.25, 0.3) is 11.3 Å². The van der Waals surface area contributed by atoms with E-state index in [1.165, 1.54) is 17.0 Å². The Balaban J connectivity index is 1.70. The maximum atomic E-state index is 13.5. The number of rotatable bonds is 6. The number of benzene rings is 1. The normalized spacial score (nSPS) is 16.3. The Morgan fingerprint density at radius 2 is 1.79 bits per heavy atom. The van der Waals surface area contributed by atoms with E-state index >= 15 is 0 Å². The van der Waals surface area contributed by atoms with Crippen molar-refractivity contribution in [3.8, 4) is 11.3 Å². The number of amides is 1. The van der Waals surface area contributed by atoms with E-state index < -0.39 is 56.4 Å². The number of carboxylic acid groups (broad SMARTS) is 1. The first kappa shape index (κ1) is 25.6. The van der Waals surface area contributed by atoms with E-state index in [4.69, 9.17) is 9.15 Å². The average Bonchev–Trinajstić information content (AvgIpc) is 3.24. The first-order valence-corrected chi connectivity index (χ1v) is 12.0. The van der Waals surface area contributed by atoms with E-state index in [-0.39, 0.29) is 37.3 Å². The van der Waals surface area contributed by atoms with Crippen LogP contribution >= 0.6 is 0 Å². The summed E-state index contributed by atoms with van der Waals surface area (Å²) in [6.07, 6.45) is -0.0210. The molecule has 1 aromatic carbocycles. The molecule has 1 atom stereocenters. The van der Waals surface area contributed by atoms with Gasteiger partial charge in [0.2, 0.25) is 5.09 Å². The fourth-order valence-electron chi connectivity index (χ4n) is 3.58. The van der Waals surface area contributed by atoms with E-state index in [9.17, 15) is 31.9 Å². The van der Waals surface area contributed by atoms with Crippen molar-refractivity contribution in [1.82, 2.24) is 9.62 Å². The lowest BCUT2D eigenvalue weighted by molar-refractivity contribution is -0.140. The van der Waals surface area contributed by atoms with Crippen LogP contribution in [0.3, 0.4) is 0 Å². The minimum Gasteiger partial charge on any atom is -0.480 e. The lowest BCUT2D eigenvalue weighted by Crippen LogP contribution is -2.50. The van der Waals surface area contributed by atoms with Crippen molar-refractivity contribution in [3.63, 3.8) is 0 Å². The Kier molecular flexibility index (Phi) is 7.32. The van der Waals surface area contributed by atoms with Crippen LogP contribution in [0.4, 0.5) is 13.6 Å². The van der Waals surface area contributed by atoms with Crippen LogP contribution in [0, 0.1) is 17.6 Å². The third-order valence-electron chi connectivity index (χ3n) is 5.26. The molecule has 1 aliphatic rings. The molecule has 2 aromatic rings. The number of likely N-dealkylation sites (tertiary alicyclic amines) is 1. The first-order chi connectivity index (χ1) is 15.8. The van der Waals surface area contributed by atoms with E-state index in [0.29, 0.717) is 0 Å². The van der Waals surface area contributed by atoms with Crippen molar-refractivity contribution >= 4 is 22.1 Å². The number of ether oxygens (including phenoxy) is 1. The number of nitrogens with one attached hydrogen (secondary N) is 1. The third kappa shape index (κ3) is 6.11. The highest BCUT2D eigenvalue weighted by Gasteiger charge is 2.37. The molecule has 3 rings (SSSR count). The average molecular weight is 501 g/mol. The van der Waals surface area contributed by atoms with Crippen LogP contribution in [0.2, 0.25) is 0 Å². The molecule has 2 N–H and O–H groups in total. The molecule has 0 aliphatic carbocycles. The summed E-state index contributed by atoms with van der Waals surface area (Å²) < 4.78 is 65.0. The first-order valence-electron chi connectivity index (χ1n) is 10.5. The Labute approximate surface area is 195 Å². The summed E-state index contributed by atoms with van der Waals surface area (Å²) in [6, 6.07) is 3.86. The fraction of sp³-hybridized carbons (Fsp3) is 0.455. The van der Waals surface area contributed by atoms with Gasteiger partial charge in [-0.3, -0.25) is 4.79 Å². The van der Waals surface area contributed by atoms with E-state index in [1.807, 2.05) is 0 Å². The number of hydrogen-bond acceptors (Lipinski definition) is 6. The van der Waals surface area contributed by atoms with Crippen molar-refractivity contribution in [2.24, 2.45) is 5.92 Å². The summed E-state index contributed by atoms with van der Waals surface area (Å²) in [6.45, 7) is 5.64. The predicted molar refractivity (Wildman–Crippen MR) is 116 cm³/mol. The second kappa shape index (κ2) is 9.71. The van der Waals surface area contributed by atoms with Crippen molar-refractivity contribution in [1.29, 1.82) is 0 Å². The molecule has 34 heavy (non-hydrogen) atoms. The van der Waals surface area contributed by atoms with Gasteiger partial charge in [0, 0.05) is 18.7 Å². The minimum absolute atomic E-state index is 0.0307. The van der Waals surface area contributed by atoms with Crippen LogP contribution in [-0.4, -0.2) is 55.2 Å². The van der Waals surface area contributed by atoms with Crippen LogP contribution in [0.15, 0.2) is 39.8 Å². The number of aliphatic carboxylic acids is 1. The molecule has 9 nitrogen and oxygen atoms in total. The number of carbonyl (C=O) groups excluding carboxylic acids is 1. The molecule has 186 valence electrons. The molecule has 2 heterocycles. The Hall–Kier alpha value is -2.99. The van der Waals surface area contributed by atoms with Gasteiger partial charge in [-0.25, -0.2) is 22.0 Å². The number of furan rings is 1. The van der Waals surface area contributed by atoms with Crippen LogP contribution in [0.5, 0.6) is 0 Å². The predicted octanol–water partition coefficient (Wildman–Crippen LogP) is 3.60. The van der Waals surface area contributed by atoms with Crippen LogP contribution in [-0.2, 0) is 19.6 Å². The zero-order valence-corrected chi connectivity index (χ0v) is 19.7. The largest absolute Gasteiger partial charge is 0.480 e. The van der Waals surface area contributed by atoms with Gasteiger partial charge in [-0.15, -0.1) is 0 Å². The van der Waals surface area contributed by atoms with Gasteiger partial charge in [0.15, 0.2) is 11.6 Å². The molecule has 0 radical (unpaired) electrons. The van der Waals surface area contributed by atoms with Crippen molar-refractivity contribution < 1.29 is 41.0 Å². The van der Waals surface area contributed by atoms with Gasteiger partial charge < -0.3 is 19.2 Å². The van der Waals surface area contributed by atoms with Gasteiger partial charge in [0.05, 0.1) is 0 Å². The third-order valence-corrected chi connectivity index (χ3v) is 6.57. The second-order valence-electron chi connectivity index (χ2n) is 8.99. The van der Waals surface area contributed by atoms with E-state index in [1.54, 1.807) is 20.8 Å². The molecular weight excluding hydrogens is 474 g/mol. The molecular formula is C22H26F2N2O7S. The summed E-state index contributed by atoms with van der Waals surface area (Å²) in [5.41, 5.74) is -0.556. The van der Waals surface area contributed by atoms with Crippen molar-refractivity contribution in [3.05, 3.63) is 42.0 Å². The Bertz CT molecular complexity index is 1170. The summed E-state index contributed by atoms with van der Waals surface area (Å²) in [4.78, 5) is 25.5. The quantitative estimate of drug-likeness (QED) is 0.621. The topological polar surface area (TPSA) is 126 Å². The maximum absolute atomic E-state index is 13.5. The minimum atomic E-state index is -4.38. The monoisotopic (exact) mass is 500 g/mol. The summed E-state index contributed by atoms with van der Waals surface area (Å²) in [7, 11) is -4.38. The Morgan fingerprint density at radius 3 is 2.35 bits per heavy atom. The molecule has 1 aliphatic heterocycles. The van der Waals surface area contributed by atoms with Gasteiger partial charge in [0.1, 0.15) is 17.4 Å². The molecule has 0 spiro atoms. The molecule has 1 fully saturated rings. The standard InChI is InChI=1S/C22H26F2N2O7S/c1-22(2,3)33-21(29)26-10-8-13(9-11-26)19(20(27)28)25-34(30,31)18-7-6-17(32-18)14-4-5-15(23)16(24)12-14/h4-7,12-13,19,25H,8-11H2,1-3H3,(H,27,28)/t19-/m1/s1. The summed E-state index contributed by atoms with van der Waals surface area (Å²) >= 11 is 0. The van der Waals surface area contributed by atoms with Gasteiger partial charge in [-0.1, -0.05) is 0 Å². The number of carboxylic acids is 1. The number of piperidine rings is 1. The lowest BCUT2D eigenvalue weighted by Gasteiger charge is -2.35. The van der Waals surface area contributed by atoms with Crippen LogP contribution < -0.4 is 4.72 Å². The SMILES string of the molecule is CC(C)(C)OC(=O)N1CCC([C@@H](NS(=O)(=O)c2ccc(-c3ccc(F)c(F)c3)o2)C(=O)O)CC1. The number of hydrogen-bond donors (Lipinski definition) is 2. The van der Waals surface area contributed by atoms with Gasteiger partial charge >= 0.3 is 12.1 Å². The lowest BCUT2D eigenvalue weighted by atomic mass is 9.90. The number of carbonyl (C=O) groups is 2. The zero-order valence-electron chi connectivity index (χ0n) is 18.9. The molecule has 12 heteroatoms. The van der Waals surface area contributed by atoms with Crippen molar-refractivity contribution in [2.75, 3.05) is 13.1 Å². The molecule has 0 unspecified atom stereocenters. The van der Waals surface area contributed by atoms with Crippen LogP contribution in [0.1, 0.15) is 33.6 Å². The number of sulfonamides is 1. The maximum Gasteiger partial charge on any atom is 0.410 e. The fourth-order valence-corrected chi connectivity index (χ4v) is 4.77. The number of nitrogens with zero attached hydrogens (tertiary/aromatic N) is 1. The van der Waals surface area contributed by atoms with E-state index in [0.717, 1.165) is 18.2 Å². The summed E-state index contributed by atoms with van der Waals surface area (Å²) in [5, 5.41) is 9.10. The molecule has 1 amide bonds. The van der Waals surface area contributed by atoms with Crippen molar-refractivity contribution in [2.45, 2.75) is 50.3 Å². The highest BCUT2D eigenvalue weighted by atomic mass is 32.2. The Morgan fingerprint density at radius 1 is 1.15 bits per heavy atom. The highest BCUT2D eigenvalue weighted by Crippen LogP contribution is 2.28. The smallest absolute Gasteiger partial charge is 0.410 e. The van der Waals surface area contributed by atoms with Gasteiger partial charge in [-0.2, -0.15) is 4.72 Å². The zero-order chi connectivity index (χ0) is 25.3. The molecule has 0 saturated carbocycles. The highest BCUT2D eigenvalue weighted by molar-refractivity contribution is 7.89. The molecule has 0 bridgehead atoms. The molecule has 1 aromatic heterocycles. The van der Waals surface area contributed by atoms with E-state index in [2.05, 4.69) is 4.72 Å². The molecule has 1 saturated heterocycles. The van der Waals surface area contributed by atoms with Gasteiger partial charge in [0.25, 0.3) is 10.0 Å². The number of halogens is 2. The second-order valence-corrected chi connectivity index (χ2v) is 10.6. The summed E-state index contributed by atoms with van der Waals surface area (Å²) in [5.74, 6) is -4.16. The van der Waals surface area contributed by atoms with Gasteiger partial charge in [-0.05, 0) is 69.9 Å².